The summed E-state index contributed by atoms with van der Waals surface area (Å²) in [7, 11) is 15.7. The number of nitrogens with one attached hydrogen (secondary N) is 5. The number of H-pyrrole nitrogens is 2. The summed E-state index contributed by atoms with van der Waals surface area (Å²) in [6.07, 6.45) is 6.68. The van der Waals surface area contributed by atoms with E-state index in [4.69, 9.17) is 25.8 Å². The number of amides is 3. The third kappa shape index (κ3) is 16.3. The zero-order chi connectivity index (χ0) is 61.3. The molecule has 6 aromatic carbocycles. The van der Waals surface area contributed by atoms with Gasteiger partial charge in [-0.25, -0.2) is 0 Å². The highest BCUT2D eigenvalue weighted by molar-refractivity contribution is 9.10. The maximum atomic E-state index is 12.8. The summed E-state index contributed by atoms with van der Waals surface area (Å²) in [4.78, 5) is 44.3. The predicted molar refractivity (Wildman–Crippen MR) is 354 cm³/mol. The van der Waals surface area contributed by atoms with Gasteiger partial charge >= 0.3 is 0 Å². The van der Waals surface area contributed by atoms with E-state index in [1.54, 1.807) is 6.07 Å². The number of fused-ring (bicyclic) bond motifs is 3. The van der Waals surface area contributed by atoms with Gasteiger partial charge in [0.15, 0.2) is 0 Å². The molecule has 3 amide bonds. The Hall–Kier alpha value is -7.12. The Morgan fingerprint density at radius 3 is 1.28 bits per heavy atom. The first-order valence-electron chi connectivity index (χ1n) is 30.3. The first-order chi connectivity index (χ1) is 41.7. The molecule has 3 saturated heterocycles. The SMILES string of the molecule is C[N+](C)(Cc1ccc(NC(=O)c2cc3cc(Br)ccc3[nH]2)cc1)C1CCOCC1.C[N+](C)(Cc1ccc(NC(=O)c2cc3cc(Cl)ccc3[nH]2)cc1)C1CCOCC1.Cn1c(C(=O)Nc2ccc(C[N+](C)(C)C3CCOCC3)cc2)cc2ccccc21. The van der Waals surface area contributed by atoms with E-state index in [2.05, 4.69) is 121 Å². The zero-order valence-electron chi connectivity index (χ0n) is 51.3. The standard InChI is InChI=1S/C24H29N3O2.C23H26BrN3O2.C23H26ClN3O2/c1-26-22-7-5-4-6-19(22)16-23(26)24(28)25-20-10-8-18(9-11-20)17-27(2,3)21-12-14-29-15-13-21;2*1-27(2,20-9-11-29-12-10-20)15-16-3-6-19(7-4-16)25-23(28)22-14-17-13-18(24)5-8-21(17)26-22/h4-11,16,21H,12-15,17H2,1-3H3;2*3-8,13-14,20H,9-12,15H2,1-2H3,(H-,25,26,28)/p+3. The van der Waals surface area contributed by atoms with Crippen molar-refractivity contribution in [3.8, 4) is 0 Å². The minimum absolute atomic E-state index is 0.0882. The lowest BCUT2D eigenvalue weighted by Crippen LogP contribution is -2.50. The second kappa shape index (κ2) is 27.9. The molecule has 0 saturated carbocycles. The number of anilines is 3. The first-order valence-corrected chi connectivity index (χ1v) is 31.5. The summed E-state index contributed by atoms with van der Waals surface area (Å²) in [6, 6.07) is 51.5. The van der Waals surface area contributed by atoms with Crippen molar-refractivity contribution >= 4 is 95.0 Å². The van der Waals surface area contributed by atoms with E-state index >= 15 is 0 Å². The molecule has 3 aromatic heterocycles. The van der Waals surface area contributed by atoms with Crippen LogP contribution >= 0.6 is 27.5 Å². The van der Waals surface area contributed by atoms with Crippen molar-refractivity contribution in [2.75, 3.05) is 97.9 Å². The molecule has 9 aromatic rings. The molecule has 87 heavy (non-hydrogen) atoms. The average Bonchev–Trinajstić information content (AvgIpc) is 3.39. The summed E-state index contributed by atoms with van der Waals surface area (Å²) in [5.41, 5.74) is 10.8. The number of rotatable bonds is 15. The quantitative estimate of drug-likeness (QED) is 0.0645. The molecule has 0 unspecified atom stereocenters. The van der Waals surface area contributed by atoms with Crippen LogP contribution in [0.5, 0.6) is 0 Å². The van der Waals surface area contributed by atoms with Gasteiger partial charge < -0.3 is 58.1 Å². The second-order valence-corrected chi connectivity index (χ2v) is 26.6. The summed E-state index contributed by atoms with van der Waals surface area (Å²) < 4.78 is 22.3. The molecule has 0 aliphatic carbocycles. The third-order valence-corrected chi connectivity index (χ3v) is 18.5. The number of carbonyl (C=O) groups is 3. The van der Waals surface area contributed by atoms with Gasteiger partial charge in [0, 0.05) is 122 Å². The number of nitrogens with zero attached hydrogens (tertiary/aromatic N) is 4. The maximum absolute atomic E-state index is 12.8. The van der Waals surface area contributed by atoms with Crippen molar-refractivity contribution < 1.29 is 42.0 Å². The highest BCUT2D eigenvalue weighted by Crippen LogP contribution is 2.29. The van der Waals surface area contributed by atoms with Crippen LogP contribution < -0.4 is 16.0 Å². The van der Waals surface area contributed by atoms with Gasteiger partial charge in [-0.15, -0.1) is 0 Å². The van der Waals surface area contributed by atoms with E-state index in [0.717, 1.165) is 165 Å². The normalized spacial score (nSPS) is 15.6. The van der Waals surface area contributed by atoms with Gasteiger partial charge in [-0.05, 0) is 97.1 Å². The first kappa shape index (κ1) is 62.9. The van der Waals surface area contributed by atoms with Crippen LogP contribution in [0.1, 0.15) is 86.7 Å². The smallest absolute Gasteiger partial charge is 0.272 e. The van der Waals surface area contributed by atoms with Crippen molar-refractivity contribution in [3.05, 3.63) is 195 Å². The van der Waals surface area contributed by atoms with Crippen LogP contribution in [-0.2, 0) is 40.9 Å². The van der Waals surface area contributed by atoms with Crippen LogP contribution in [0.4, 0.5) is 17.1 Å². The van der Waals surface area contributed by atoms with Crippen molar-refractivity contribution in [1.29, 1.82) is 0 Å². The maximum Gasteiger partial charge on any atom is 0.272 e. The van der Waals surface area contributed by atoms with Crippen molar-refractivity contribution in [1.82, 2.24) is 14.5 Å². The lowest BCUT2D eigenvalue weighted by molar-refractivity contribution is -0.929. The summed E-state index contributed by atoms with van der Waals surface area (Å²) in [5, 5.41) is 12.6. The van der Waals surface area contributed by atoms with E-state index < -0.39 is 0 Å². The molecule has 17 heteroatoms. The number of aromatic nitrogens is 3. The molecule has 0 bridgehead atoms. The number of carbonyl (C=O) groups excluding carboxylic acids is 3. The molecule has 456 valence electrons. The molecular formula is C70H84BrClN9O6+3. The summed E-state index contributed by atoms with van der Waals surface area (Å²) in [5.74, 6) is -0.387. The monoisotopic (exact) mass is 1260 g/mol. The number of halogens is 2. The summed E-state index contributed by atoms with van der Waals surface area (Å²) in [6.45, 7) is 8.08. The van der Waals surface area contributed by atoms with Gasteiger partial charge in [-0.1, -0.05) is 82.1 Å². The molecule has 3 aliphatic heterocycles. The zero-order valence-corrected chi connectivity index (χ0v) is 53.6. The minimum Gasteiger partial charge on any atom is -0.381 e. The fourth-order valence-corrected chi connectivity index (χ4v) is 13.1. The number of ether oxygens (including phenoxy) is 3. The number of para-hydroxylation sites is 1. The predicted octanol–water partition coefficient (Wildman–Crippen LogP) is 14.0. The topological polar surface area (TPSA) is 151 Å². The van der Waals surface area contributed by atoms with Crippen LogP contribution in [0.2, 0.25) is 5.02 Å². The molecule has 3 aliphatic rings. The highest BCUT2D eigenvalue weighted by atomic mass is 79.9. The average molecular weight is 1260 g/mol. The Kier molecular flexibility index (Phi) is 20.2. The van der Waals surface area contributed by atoms with E-state index in [9.17, 15) is 14.4 Å². The largest absolute Gasteiger partial charge is 0.381 e. The fourth-order valence-electron chi connectivity index (χ4n) is 12.6. The Morgan fingerprint density at radius 2 is 0.862 bits per heavy atom. The molecule has 15 nitrogen and oxygen atoms in total. The molecule has 6 heterocycles. The molecule has 3 fully saturated rings. The molecule has 12 rings (SSSR count). The van der Waals surface area contributed by atoms with Crippen LogP contribution in [0.15, 0.2) is 156 Å². The number of aryl methyl sites for hydroxylation is 1. The second-order valence-electron chi connectivity index (χ2n) is 25.3. The number of quaternary nitrogens is 3. The van der Waals surface area contributed by atoms with Crippen LogP contribution in [0.25, 0.3) is 32.7 Å². The van der Waals surface area contributed by atoms with Crippen molar-refractivity contribution in [2.24, 2.45) is 7.05 Å². The number of benzene rings is 6. The van der Waals surface area contributed by atoms with Gasteiger partial charge in [0.1, 0.15) is 36.7 Å². The molecule has 0 atom stereocenters. The fraction of sp³-hybridized carbons (Fsp3) is 0.357. The van der Waals surface area contributed by atoms with E-state index in [-0.39, 0.29) is 17.7 Å². The van der Waals surface area contributed by atoms with Crippen LogP contribution in [0.3, 0.4) is 0 Å². The van der Waals surface area contributed by atoms with Gasteiger partial charge in [-0.2, -0.15) is 0 Å². The third-order valence-electron chi connectivity index (χ3n) is 17.8. The minimum atomic E-state index is -0.164. The van der Waals surface area contributed by atoms with Gasteiger partial charge in [-0.3, -0.25) is 14.4 Å². The summed E-state index contributed by atoms with van der Waals surface area (Å²) >= 11 is 9.49. The van der Waals surface area contributed by atoms with E-state index in [1.165, 1.54) is 16.7 Å². The Balaban J connectivity index is 0.000000144. The molecule has 0 radical (unpaired) electrons. The molecular weight excluding hydrogens is 1180 g/mol. The van der Waals surface area contributed by atoms with Gasteiger partial charge in [0.2, 0.25) is 0 Å². The molecule has 5 N–H and O–H groups in total. The number of hydrogen-bond acceptors (Lipinski definition) is 6. The Bertz CT molecular complexity index is 3630. The van der Waals surface area contributed by atoms with Crippen molar-refractivity contribution in [2.45, 2.75) is 76.3 Å². The van der Waals surface area contributed by atoms with Crippen LogP contribution in [0, 0.1) is 0 Å². The highest BCUT2D eigenvalue weighted by Gasteiger charge is 2.33. The van der Waals surface area contributed by atoms with E-state index in [1.807, 2.05) is 121 Å². The van der Waals surface area contributed by atoms with Crippen LogP contribution in [-0.4, -0.2) is 146 Å². The Labute approximate surface area is 524 Å². The van der Waals surface area contributed by atoms with Crippen molar-refractivity contribution in [3.63, 3.8) is 0 Å². The lowest BCUT2D eigenvalue weighted by Gasteiger charge is -2.40. The van der Waals surface area contributed by atoms with E-state index in [0.29, 0.717) is 40.2 Å². The number of aromatic amines is 2. The van der Waals surface area contributed by atoms with Gasteiger partial charge in [0.25, 0.3) is 17.7 Å². The van der Waals surface area contributed by atoms with Gasteiger partial charge in [0.05, 0.1) is 100 Å². The molecule has 0 spiro atoms. The Morgan fingerprint density at radius 1 is 0.483 bits per heavy atom. The lowest BCUT2D eigenvalue weighted by atomic mass is 10.0. The number of hydrogen-bond donors (Lipinski definition) is 5.